The van der Waals surface area contributed by atoms with Crippen molar-refractivity contribution in [3.05, 3.63) is 119 Å². The summed E-state index contributed by atoms with van der Waals surface area (Å²) in [6.07, 6.45) is 10.7. The van der Waals surface area contributed by atoms with Crippen LogP contribution in [0.25, 0.3) is 0 Å². The van der Waals surface area contributed by atoms with E-state index in [0.717, 1.165) is 83.6 Å². The van der Waals surface area contributed by atoms with E-state index >= 15 is 0 Å². The summed E-state index contributed by atoms with van der Waals surface area (Å²) in [5.74, 6) is 0.556. The number of hydrazone groups is 2. The summed E-state index contributed by atoms with van der Waals surface area (Å²) in [5.41, 5.74) is 13.6. The van der Waals surface area contributed by atoms with Gasteiger partial charge in [0.05, 0.1) is 22.8 Å². The van der Waals surface area contributed by atoms with Gasteiger partial charge in [-0.25, -0.2) is 0 Å². The van der Waals surface area contributed by atoms with Gasteiger partial charge in [-0.3, -0.25) is 10.9 Å². The van der Waals surface area contributed by atoms with E-state index in [-0.39, 0.29) is 11.5 Å². The molecule has 0 aliphatic carbocycles. The first-order valence-corrected chi connectivity index (χ1v) is 15.8. The van der Waals surface area contributed by atoms with Crippen LogP contribution in [-0.4, -0.2) is 21.6 Å². The van der Waals surface area contributed by atoms with Crippen LogP contribution in [0.5, 0.6) is 11.5 Å². The van der Waals surface area contributed by atoms with Crippen molar-refractivity contribution in [3.63, 3.8) is 0 Å². The first-order valence-electron chi connectivity index (χ1n) is 15.8. The normalized spacial score (nSPS) is 11.9. The number of anilines is 2. The van der Waals surface area contributed by atoms with Crippen LogP contribution in [0.4, 0.5) is 11.4 Å². The Morgan fingerprint density at radius 1 is 0.500 bits per heavy atom. The Hall–Kier alpha value is -4.58. The Kier molecular flexibility index (Phi) is 12.9. The number of hydrogen-bond donors (Lipinski definition) is 4. The van der Waals surface area contributed by atoms with E-state index in [9.17, 15) is 10.2 Å². The molecule has 0 saturated carbocycles. The van der Waals surface area contributed by atoms with Gasteiger partial charge in [-0.05, 0) is 99.2 Å². The quantitative estimate of drug-likeness (QED) is 0.0560. The lowest BCUT2D eigenvalue weighted by molar-refractivity contribution is 0.472. The number of nitrogens with one attached hydrogen (secondary N) is 2. The van der Waals surface area contributed by atoms with Crippen LogP contribution in [0.1, 0.15) is 86.5 Å². The van der Waals surface area contributed by atoms with E-state index in [0.29, 0.717) is 0 Å². The summed E-state index contributed by atoms with van der Waals surface area (Å²) < 4.78 is 0. The van der Waals surface area contributed by atoms with E-state index in [2.05, 4.69) is 21.1 Å². The molecule has 4 N–H and O–H groups in total. The molecule has 0 fully saturated rings. The topological polar surface area (TPSA) is 89.2 Å². The maximum atomic E-state index is 10.6. The van der Waals surface area contributed by atoms with Gasteiger partial charge in [0.2, 0.25) is 0 Å². The van der Waals surface area contributed by atoms with Crippen molar-refractivity contribution in [2.24, 2.45) is 10.2 Å². The van der Waals surface area contributed by atoms with Crippen LogP contribution in [0.15, 0.2) is 107 Å². The smallest absolute Gasteiger partial charge is 0.124 e. The second-order valence-corrected chi connectivity index (χ2v) is 11.4. The number of aryl methyl sites for hydroxylation is 2. The van der Waals surface area contributed by atoms with E-state index in [4.69, 9.17) is 0 Å². The summed E-state index contributed by atoms with van der Waals surface area (Å²) in [7, 11) is 0. The summed E-state index contributed by atoms with van der Waals surface area (Å²) in [6, 6.07) is 31.4. The van der Waals surface area contributed by atoms with Gasteiger partial charge in [0.15, 0.2) is 0 Å². The lowest BCUT2D eigenvalue weighted by Gasteiger charge is -2.11. The number of hydrogen-bond acceptors (Lipinski definition) is 6. The zero-order valence-corrected chi connectivity index (χ0v) is 26.1. The van der Waals surface area contributed by atoms with E-state index < -0.39 is 0 Å². The Balaban J connectivity index is 1.19. The predicted molar refractivity (Wildman–Crippen MR) is 185 cm³/mol. The average molecular weight is 591 g/mol. The molecule has 6 nitrogen and oxygen atoms in total. The highest BCUT2D eigenvalue weighted by atomic mass is 16.3. The second-order valence-electron chi connectivity index (χ2n) is 11.4. The third kappa shape index (κ3) is 10.6. The molecule has 0 saturated heterocycles. The van der Waals surface area contributed by atoms with Crippen LogP contribution in [0, 0.1) is 13.8 Å². The van der Waals surface area contributed by atoms with Gasteiger partial charge in [-0.15, -0.1) is 0 Å². The minimum absolute atomic E-state index is 0.278. The third-order valence-corrected chi connectivity index (χ3v) is 7.69. The number of nitrogens with zero attached hydrogens (tertiary/aromatic N) is 2. The molecule has 0 aliphatic heterocycles. The molecule has 4 aromatic carbocycles. The molecule has 0 aromatic heterocycles. The maximum Gasteiger partial charge on any atom is 0.124 e. The average Bonchev–Trinajstić information content (AvgIpc) is 3.02. The van der Waals surface area contributed by atoms with Crippen molar-refractivity contribution in [2.45, 2.75) is 78.1 Å². The van der Waals surface area contributed by atoms with E-state index in [1.165, 1.54) is 25.7 Å². The molecule has 0 unspecified atom stereocenters. The van der Waals surface area contributed by atoms with E-state index in [1.54, 1.807) is 12.1 Å². The maximum absolute atomic E-state index is 10.6. The SMILES string of the molecule is Cc1ccc(C(CCCCCCCCCCC(=NNc2ccccc2)c2ccc(C)cc2O)=NNc2ccccc2)c(O)c1. The summed E-state index contributed by atoms with van der Waals surface area (Å²) >= 11 is 0. The van der Waals surface area contributed by atoms with Crippen molar-refractivity contribution < 1.29 is 10.2 Å². The molecule has 44 heavy (non-hydrogen) atoms. The van der Waals surface area contributed by atoms with Crippen LogP contribution in [0.3, 0.4) is 0 Å². The van der Waals surface area contributed by atoms with E-state index in [1.807, 2.05) is 98.8 Å². The number of phenols is 2. The first kappa shape index (κ1) is 32.3. The monoisotopic (exact) mass is 590 g/mol. The van der Waals surface area contributed by atoms with Crippen LogP contribution in [-0.2, 0) is 0 Å². The standard InChI is InChI=1S/C38H46N4O2/c1-29-23-25-33(37(43)27-29)35(41-39-31-17-11-9-12-18-31)21-15-7-5-3-4-6-8-16-22-36(34-26-24-30(2)28-38(34)44)42-40-32-19-13-10-14-20-32/h9-14,17-20,23-28,39-40,43-44H,3-8,15-16,21-22H2,1-2H3. The highest BCUT2D eigenvalue weighted by Crippen LogP contribution is 2.24. The minimum atomic E-state index is 0.278. The lowest BCUT2D eigenvalue weighted by Crippen LogP contribution is -2.06. The molecule has 6 heteroatoms. The number of para-hydroxylation sites is 2. The number of rotatable bonds is 17. The lowest BCUT2D eigenvalue weighted by atomic mass is 9.99. The highest BCUT2D eigenvalue weighted by Gasteiger charge is 2.11. The molecule has 0 spiro atoms. The van der Waals surface area contributed by atoms with Crippen LogP contribution in [0.2, 0.25) is 0 Å². The molecule has 230 valence electrons. The largest absolute Gasteiger partial charge is 0.507 e. The molecule has 4 rings (SSSR count). The number of unbranched alkanes of at least 4 members (excludes halogenated alkanes) is 7. The molecule has 0 radical (unpaired) electrons. The molecular formula is C38H46N4O2. The zero-order chi connectivity index (χ0) is 31.0. The molecule has 0 bridgehead atoms. The van der Waals surface area contributed by atoms with Crippen LogP contribution >= 0.6 is 0 Å². The molecule has 0 heterocycles. The molecule has 0 atom stereocenters. The van der Waals surface area contributed by atoms with Crippen molar-refractivity contribution >= 4 is 22.8 Å². The second kappa shape index (κ2) is 17.5. The predicted octanol–water partition coefficient (Wildman–Crippen LogP) is 9.95. The highest BCUT2D eigenvalue weighted by molar-refractivity contribution is 6.03. The van der Waals surface area contributed by atoms with Gasteiger partial charge < -0.3 is 10.2 Å². The minimum Gasteiger partial charge on any atom is -0.507 e. The molecule has 0 amide bonds. The van der Waals surface area contributed by atoms with Crippen LogP contribution < -0.4 is 10.9 Å². The van der Waals surface area contributed by atoms with Gasteiger partial charge in [0, 0.05) is 11.1 Å². The van der Waals surface area contributed by atoms with Crippen molar-refractivity contribution in [1.29, 1.82) is 0 Å². The zero-order valence-electron chi connectivity index (χ0n) is 26.1. The number of phenolic OH excluding ortho intramolecular Hbond substituents is 2. The molecular weight excluding hydrogens is 544 g/mol. The van der Waals surface area contributed by atoms with Crippen molar-refractivity contribution in [2.75, 3.05) is 10.9 Å². The van der Waals surface area contributed by atoms with Crippen molar-refractivity contribution in [3.8, 4) is 11.5 Å². The summed E-state index contributed by atoms with van der Waals surface area (Å²) in [4.78, 5) is 0. The third-order valence-electron chi connectivity index (χ3n) is 7.69. The fourth-order valence-electron chi connectivity index (χ4n) is 5.21. The molecule has 4 aromatic rings. The first-order chi connectivity index (χ1) is 21.5. The Morgan fingerprint density at radius 3 is 1.23 bits per heavy atom. The Labute approximate surface area is 262 Å². The van der Waals surface area contributed by atoms with Gasteiger partial charge in [0.1, 0.15) is 11.5 Å². The molecule has 0 aliphatic rings. The van der Waals surface area contributed by atoms with Gasteiger partial charge >= 0.3 is 0 Å². The number of benzene rings is 4. The summed E-state index contributed by atoms with van der Waals surface area (Å²) in [5, 5.41) is 30.5. The van der Waals surface area contributed by atoms with Gasteiger partial charge in [0.25, 0.3) is 0 Å². The van der Waals surface area contributed by atoms with Gasteiger partial charge in [-0.2, -0.15) is 10.2 Å². The fourth-order valence-corrected chi connectivity index (χ4v) is 5.21. The fraction of sp³-hybridized carbons (Fsp3) is 0.316. The Morgan fingerprint density at radius 2 is 0.864 bits per heavy atom. The number of aromatic hydroxyl groups is 2. The van der Waals surface area contributed by atoms with Gasteiger partial charge in [-0.1, -0.05) is 87.1 Å². The Bertz CT molecular complexity index is 1390. The summed E-state index contributed by atoms with van der Waals surface area (Å²) in [6.45, 7) is 3.96. The van der Waals surface area contributed by atoms with Crippen molar-refractivity contribution in [1.82, 2.24) is 0 Å².